The van der Waals surface area contributed by atoms with Crippen LogP contribution in [0.25, 0.3) is 0 Å². The Labute approximate surface area is 174 Å². The Hall–Kier alpha value is -1.45. The summed E-state index contributed by atoms with van der Waals surface area (Å²) in [6.07, 6.45) is 4.85. The molecule has 0 radical (unpaired) electrons. The minimum absolute atomic E-state index is 0.0427. The van der Waals surface area contributed by atoms with Crippen molar-refractivity contribution in [3.05, 3.63) is 28.2 Å². The Morgan fingerprint density at radius 1 is 1.25 bits per heavy atom. The number of nitrogens with one attached hydrogen (secondary N) is 2. The first-order chi connectivity index (χ1) is 13.2. The Morgan fingerprint density at radius 3 is 2.57 bits per heavy atom. The smallest absolute Gasteiger partial charge is 0.340 e. The van der Waals surface area contributed by atoms with E-state index in [4.69, 9.17) is 4.74 Å². The molecule has 0 saturated heterocycles. The van der Waals surface area contributed by atoms with Crippen LogP contribution in [0.1, 0.15) is 56.3 Å². The van der Waals surface area contributed by atoms with E-state index >= 15 is 0 Å². The van der Waals surface area contributed by atoms with Gasteiger partial charge in [0.15, 0.2) is 6.10 Å². The van der Waals surface area contributed by atoms with Crippen LogP contribution in [-0.2, 0) is 19.6 Å². The van der Waals surface area contributed by atoms with E-state index in [0.29, 0.717) is 16.9 Å². The lowest BCUT2D eigenvalue weighted by atomic mass is 9.89. The first-order valence-electron chi connectivity index (χ1n) is 9.52. The number of ether oxygens (including phenoxy) is 1. The van der Waals surface area contributed by atoms with E-state index in [1.165, 1.54) is 44.4 Å². The highest BCUT2D eigenvalue weighted by Crippen LogP contribution is 2.24. The third-order valence-corrected chi connectivity index (χ3v) is 6.98. The van der Waals surface area contributed by atoms with E-state index in [2.05, 4.69) is 26.0 Å². The van der Waals surface area contributed by atoms with Crippen LogP contribution < -0.4 is 10.0 Å². The zero-order valence-electron chi connectivity index (χ0n) is 16.2. The van der Waals surface area contributed by atoms with Crippen molar-refractivity contribution >= 4 is 37.8 Å². The minimum atomic E-state index is -3.71. The molecule has 0 spiro atoms. The highest BCUT2D eigenvalue weighted by Gasteiger charge is 2.23. The quantitative estimate of drug-likeness (QED) is 0.563. The lowest BCUT2D eigenvalue weighted by molar-refractivity contribution is -0.129. The van der Waals surface area contributed by atoms with Gasteiger partial charge in [0, 0.05) is 17.6 Å². The summed E-state index contributed by atoms with van der Waals surface area (Å²) in [5.41, 5.74) is 0.0471. The second-order valence-electron chi connectivity index (χ2n) is 6.94. The van der Waals surface area contributed by atoms with Gasteiger partial charge in [-0.2, -0.15) is 0 Å². The third kappa shape index (κ3) is 6.28. The van der Waals surface area contributed by atoms with E-state index < -0.39 is 22.1 Å². The van der Waals surface area contributed by atoms with E-state index in [1.807, 2.05) is 0 Å². The summed E-state index contributed by atoms with van der Waals surface area (Å²) < 4.78 is 32.3. The van der Waals surface area contributed by atoms with Crippen molar-refractivity contribution in [1.29, 1.82) is 0 Å². The standard InChI is InChI=1S/C19H27BrN2O5S/c1-3-22-28(25,26)15-9-10-17(20)16(11-15)19(24)27-13(2)18(23)21-12-14-7-5-4-6-8-14/h9-11,13-14,22H,3-8,12H2,1-2H3,(H,21,23)/t13-/m0/s1. The molecule has 1 aromatic rings. The molecule has 9 heteroatoms. The van der Waals surface area contributed by atoms with Crippen LogP contribution in [0.5, 0.6) is 0 Å². The molecule has 0 aromatic heterocycles. The molecule has 0 heterocycles. The second-order valence-corrected chi connectivity index (χ2v) is 9.56. The topological polar surface area (TPSA) is 102 Å². The van der Waals surface area contributed by atoms with Crippen LogP contribution >= 0.6 is 15.9 Å². The highest BCUT2D eigenvalue weighted by molar-refractivity contribution is 9.10. The maximum atomic E-state index is 12.5. The fourth-order valence-electron chi connectivity index (χ4n) is 3.16. The van der Waals surface area contributed by atoms with E-state index in [9.17, 15) is 18.0 Å². The molecule has 0 aliphatic heterocycles. The van der Waals surface area contributed by atoms with Crippen LogP contribution in [0, 0.1) is 5.92 Å². The van der Waals surface area contributed by atoms with Crippen molar-refractivity contribution < 1.29 is 22.7 Å². The molecule has 7 nitrogen and oxygen atoms in total. The van der Waals surface area contributed by atoms with E-state index in [0.717, 1.165) is 12.8 Å². The summed E-state index contributed by atoms with van der Waals surface area (Å²) in [6.45, 7) is 3.98. The SMILES string of the molecule is CCNS(=O)(=O)c1ccc(Br)c(C(=O)O[C@@H](C)C(=O)NCC2CCCCC2)c1. The molecule has 0 unspecified atom stereocenters. The summed E-state index contributed by atoms with van der Waals surface area (Å²) in [4.78, 5) is 24.7. The number of halogens is 1. The molecule has 0 bridgehead atoms. The predicted octanol–water partition coefficient (Wildman–Crippen LogP) is 2.99. The molecule has 1 atom stereocenters. The van der Waals surface area contributed by atoms with Gasteiger partial charge in [0.05, 0.1) is 10.5 Å². The van der Waals surface area contributed by atoms with E-state index in [1.54, 1.807) is 6.92 Å². The number of esters is 1. The second kappa shape index (κ2) is 10.4. The average molecular weight is 475 g/mol. The van der Waals surface area contributed by atoms with Gasteiger partial charge in [0.25, 0.3) is 5.91 Å². The van der Waals surface area contributed by atoms with Crippen molar-refractivity contribution in [2.45, 2.75) is 57.0 Å². The molecule has 1 amide bonds. The zero-order valence-corrected chi connectivity index (χ0v) is 18.6. The van der Waals surface area contributed by atoms with Gasteiger partial charge >= 0.3 is 5.97 Å². The Kier molecular flexibility index (Phi) is 8.45. The Morgan fingerprint density at radius 2 is 1.93 bits per heavy atom. The minimum Gasteiger partial charge on any atom is -0.449 e. The number of benzene rings is 1. The molecule has 2 rings (SSSR count). The summed E-state index contributed by atoms with van der Waals surface area (Å²) in [5, 5.41) is 2.84. The monoisotopic (exact) mass is 474 g/mol. The van der Waals surface area contributed by atoms with Crippen LogP contribution in [-0.4, -0.2) is 39.5 Å². The summed E-state index contributed by atoms with van der Waals surface area (Å²) in [7, 11) is -3.71. The summed E-state index contributed by atoms with van der Waals surface area (Å²) in [5.74, 6) is -0.644. The van der Waals surface area contributed by atoms with Crippen molar-refractivity contribution in [3.8, 4) is 0 Å². The normalized spacial score (nSPS) is 16.4. The molecule has 28 heavy (non-hydrogen) atoms. The molecule has 2 N–H and O–H groups in total. The van der Waals surface area contributed by atoms with Gasteiger partial charge in [-0.25, -0.2) is 17.9 Å². The van der Waals surface area contributed by atoms with Crippen molar-refractivity contribution in [2.75, 3.05) is 13.1 Å². The lowest BCUT2D eigenvalue weighted by Crippen LogP contribution is -2.38. The van der Waals surface area contributed by atoms with Crippen molar-refractivity contribution in [1.82, 2.24) is 10.0 Å². The number of carbonyl (C=O) groups excluding carboxylic acids is 2. The van der Waals surface area contributed by atoms with Crippen LogP contribution in [0.4, 0.5) is 0 Å². The van der Waals surface area contributed by atoms with Crippen LogP contribution in [0.15, 0.2) is 27.6 Å². The number of carbonyl (C=O) groups is 2. The van der Waals surface area contributed by atoms with Gasteiger partial charge in [-0.1, -0.05) is 26.2 Å². The third-order valence-electron chi connectivity index (χ3n) is 4.75. The molecule has 1 saturated carbocycles. The van der Waals surface area contributed by atoms with Crippen LogP contribution in [0.2, 0.25) is 0 Å². The Bertz CT molecular complexity index is 807. The van der Waals surface area contributed by atoms with Gasteiger partial charge in [-0.05, 0) is 59.8 Å². The number of hydrogen-bond acceptors (Lipinski definition) is 5. The number of sulfonamides is 1. The van der Waals surface area contributed by atoms with Gasteiger partial charge in [-0.15, -0.1) is 0 Å². The number of hydrogen-bond donors (Lipinski definition) is 2. The first-order valence-corrected chi connectivity index (χ1v) is 11.8. The summed E-state index contributed by atoms with van der Waals surface area (Å²) in [6, 6.07) is 4.09. The molecule has 1 aromatic carbocycles. The van der Waals surface area contributed by atoms with Gasteiger partial charge in [0.1, 0.15) is 0 Å². The zero-order chi connectivity index (χ0) is 20.7. The van der Waals surface area contributed by atoms with Crippen LogP contribution in [0.3, 0.4) is 0 Å². The first kappa shape index (κ1) is 22.8. The fourth-order valence-corrected chi connectivity index (χ4v) is 4.63. The molecule has 1 fully saturated rings. The number of rotatable bonds is 8. The highest BCUT2D eigenvalue weighted by atomic mass is 79.9. The van der Waals surface area contributed by atoms with Gasteiger partial charge < -0.3 is 10.1 Å². The molecule has 156 valence electrons. The molecular weight excluding hydrogens is 448 g/mol. The van der Waals surface area contributed by atoms with E-state index in [-0.39, 0.29) is 22.9 Å². The fraction of sp³-hybridized carbons (Fsp3) is 0.579. The molecule has 1 aliphatic rings. The lowest BCUT2D eigenvalue weighted by Gasteiger charge is -2.22. The van der Waals surface area contributed by atoms with Gasteiger partial charge in [0.2, 0.25) is 10.0 Å². The van der Waals surface area contributed by atoms with Gasteiger partial charge in [-0.3, -0.25) is 4.79 Å². The maximum absolute atomic E-state index is 12.5. The molecular formula is C19H27BrN2O5S. The molecule has 1 aliphatic carbocycles. The van der Waals surface area contributed by atoms with Crippen molar-refractivity contribution in [3.63, 3.8) is 0 Å². The largest absolute Gasteiger partial charge is 0.449 e. The average Bonchev–Trinajstić information content (AvgIpc) is 2.66. The van der Waals surface area contributed by atoms with Crippen molar-refractivity contribution in [2.24, 2.45) is 5.92 Å². The number of amides is 1. The summed E-state index contributed by atoms with van der Waals surface area (Å²) >= 11 is 3.23. The maximum Gasteiger partial charge on any atom is 0.340 e. The predicted molar refractivity (Wildman–Crippen MR) is 109 cm³/mol. The Balaban J connectivity index is 1.99.